The van der Waals surface area contributed by atoms with Gasteiger partial charge >= 0.3 is 0 Å². The Bertz CT molecular complexity index is 1790. The zero-order valence-electron chi connectivity index (χ0n) is 24.2. The van der Waals surface area contributed by atoms with Crippen molar-refractivity contribution >= 4 is 0 Å². The molecular weight excluding hydrogens is 458 g/mol. The lowest BCUT2D eigenvalue weighted by Gasteiger charge is -2.11. The van der Waals surface area contributed by atoms with Crippen LogP contribution in [-0.2, 0) is 0 Å². The number of hydrogen-bond donors (Lipinski definition) is 0. The fraction of sp³-hybridized carbons (Fsp3) is 0.0541. The standard InChI is InChI=1S/C37H29N/c1-26-11-13-29(14-12-26)31-19-21-33(22-20-31)36-24-37(38-25-27(36)2)35-10-6-9-34(23-35)32-17-15-30(16-18-32)28-7-4-3-5-8-28/h3-25H,1-2H3/i2D3. The smallest absolute Gasteiger partial charge is 0.0708 e. The minimum atomic E-state index is -2.28. The largest absolute Gasteiger partial charge is 0.256 e. The molecule has 5 aromatic carbocycles. The average Bonchev–Trinajstić information content (AvgIpc) is 3.01. The van der Waals surface area contributed by atoms with Crippen LogP contribution in [0.3, 0.4) is 0 Å². The molecule has 0 radical (unpaired) electrons. The van der Waals surface area contributed by atoms with E-state index in [4.69, 9.17) is 4.11 Å². The van der Waals surface area contributed by atoms with Crippen molar-refractivity contribution in [1.82, 2.24) is 4.98 Å². The van der Waals surface area contributed by atoms with E-state index in [2.05, 4.69) is 84.7 Å². The first kappa shape index (κ1) is 20.3. The molecule has 0 aliphatic rings. The first-order valence-corrected chi connectivity index (χ1v) is 12.8. The van der Waals surface area contributed by atoms with Crippen molar-refractivity contribution in [2.75, 3.05) is 0 Å². The zero-order valence-corrected chi connectivity index (χ0v) is 21.2. The van der Waals surface area contributed by atoms with Gasteiger partial charge in [0.25, 0.3) is 0 Å². The minimum Gasteiger partial charge on any atom is -0.256 e. The number of nitrogens with zero attached hydrogens (tertiary/aromatic N) is 1. The number of aromatic nitrogens is 1. The van der Waals surface area contributed by atoms with Crippen LogP contribution >= 0.6 is 0 Å². The summed E-state index contributed by atoms with van der Waals surface area (Å²) in [5, 5.41) is 0. The molecule has 6 aromatic rings. The Morgan fingerprint density at radius 3 is 1.61 bits per heavy atom. The monoisotopic (exact) mass is 490 g/mol. The zero-order chi connectivity index (χ0) is 28.4. The van der Waals surface area contributed by atoms with Crippen LogP contribution in [0.25, 0.3) is 55.8 Å². The van der Waals surface area contributed by atoms with Crippen LogP contribution in [0.5, 0.6) is 0 Å². The van der Waals surface area contributed by atoms with E-state index in [0.29, 0.717) is 5.56 Å². The molecule has 0 unspecified atom stereocenters. The molecule has 182 valence electrons. The second kappa shape index (κ2) is 10.3. The van der Waals surface area contributed by atoms with Gasteiger partial charge in [-0.2, -0.15) is 0 Å². The Morgan fingerprint density at radius 2 is 0.974 bits per heavy atom. The summed E-state index contributed by atoms with van der Waals surface area (Å²) < 4.78 is 24.5. The SMILES string of the molecule is [2H]C([2H])([2H])c1cnc(-c2cccc(-c3ccc(-c4ccccc4)cc3)c2)cc1-c1ccc(-c2ccc(C)cc2)cc1. The van der Waals surface area contributed by atoms with Crippen molar-refractivity contribution in [1.29, 1.82) is 0 Å². The molecule has 0 saturated heterocycles. The van der Waals surface area contributed by atoms with E-state index in [0.717, 1.165) is 39.1 Å². The van der Waals surface area contributed by atoms with Gasteiger partial charge in [0.1, 0.15) is 0 Å². The molecule has 1 heteroatoms. The summed E-state index contributed by atoms with van der Waals surface area (Å²) in [5.41, 5.74) is 11.4. The maximum absolute atomic E-state index is 8.15. The summed E-state index contributed by atoms with van der Waals surface area (Å²) in [7, 11) is 0. The van der Waals surface area contributed by atoms with E-state index < -0.39 is 6.85 Å². The first-order valence-electron chi connectivity index (χ1n) is 14.3. The minimum absolute atomic E-state index is 0.247. The van der Waals surface area contributed by atoms with Gasteiger partial charge in [0.15, 0.2) is 0 Å². The predicted octanol–water partition coefficient (Wildman–Crippen LogP) is 10.0. The summed E-state index contributed by atoms with van der Waals surface area (Å²) >= 11 is 0. The third-order valence-electron chi connectivity index (χ3n) is 6.97. The molecule has 38 heavy (non-hydrogen) atoms. The van der Waals surface area contributed by atoms with Gasteiger partial charge in [-0.15, -0.1) is 0 Å². The Labute approximate surface area is 229 Å². The summed E-state index contributed by atoms with van der Waals surface area (Å²) in [6.07, 6.45) is 1.51. The molecule has 0 aliphatic carbocycles. The van der Waals surface area contributed by atoms with Crippen LogP contribution in [0.2, 0.25) is 0 Å². The number of aryl methyl sites for hydroxylation is 2. The molecule has 1 aromatic heterocycles. The average molecular weight is 491 g/mol. The van der Waals surface area contributed by atoms with Crippen LogP contribution in [0, 0.1) is 13.8 Å². The van der Waals surface area contributed by atoms with Gasteiger partial charge in [-0.05, 0) is 76.0 Å². The maximum Gasteiger partial charge on any atom is 0.0708 e. The highest BCUT2D eigenvalue weighted by atomic mass is 14.7. The maximum atomic E-state index is 8.15. The van der Waals surface area contributed by atoms with Crippen LogP contribution in [0.4, 0.5) is 0 Å². The third-order valence-corrected chi connectivity index (χ3v) is 6.97. The second-order valence-corrected chi connectivity index (χ2v) is 9.58. The highest BCUT2D eigenvalue weighted by Crippen LogP contribution is 2.32. The molecule has 0 spiro atoms. The van der Waals surface area contributed by atoms with E-state index in [1.807, 2.05) is 60.7 Å². The Kier molecular flexibility index (Phi) is 5.52. The first-order chi connectivity index (χ1) is 19.8. The molecule has 0 fully saturated rings. The lowest BCUT2D eigenvalue weighted by Crippen LogP contribution is -1.90. The van der Waals surface area contributed by atoms with Gasteiger partial charge in [-0.3, -0.25) is 4.98 Å². The summed E-state index contributed by atoms with van der Waals surface area (Å²) in [6, 6.07) is 45.5. The van der Waals surface area contributed by atoms with E-state index in [1.54, 1.807) is 0 Å². The highest BCUT2D eigenvalue weighted by Gasteiger charge is 2.09. The highest BCUT2D eigenvalue weighted by molar-refractivity contribution is 5.78. The van der Waals surface area contributed by atoms with Gasteiger partial charge in [0.2, 0.25) is 0 Å². The lowest BCUT2D eigenvalue weighted by atomic mass is 9.95. The van der Waals surface area contributed by atoms with Crippen LogP contribution in [0.1, 0.15) is 15.2 Å². The van der Waals surface area contributed by atoms with Crippen molar-refractivity contribution in [3.8, 4) is 55.8 Å². The quantitative estimate of drug-likeness (QED) is 0.234. The topological polar surface area (TPSA) is 12.9 Å². The molecule has 6 rings (SSSR count). The fourth-order valence-corrected chi connectivity index (χ4v) is 4.78. The van der Waals surface area contributed by atoms with Crippen molar-refractivity contribution in [2.45, 2.75) is 13.8 Å². The Hall–Kier alpha value is -4.75. The molecule has 0 bridgehead atoms. The number of benzene rings is 5. The summed E-state index contributed by atoms with van der Waals surface area (Å²) in [5.74, 6) is 0. The van der Waals surface area contributed by atoms with E-state index >= 15 is 0 Å². The molecule has 0 atom stereocenters. The van der Waals surface area contributed by atoms with Gasteiger partial charge in [0.05, 0.1) is 5.69 Å². The van der Waals surface area contributed by atoms with E-state index in [1.165, 1.54) is 22.9 Å². The van der Waals surface area contributed by atoms with Crippen LogP contribution in [-0.4, -0.2) is 4.98 Å². The third kappa shape index (κ3) is 4.92. The van der Waals surface area contributed by atoms with Crippen LogP contribution < -0.4 is 0 Å². The van der Waals surface area contributed by atoms with Crippen molar-refractivity contribution < 1.29 is 4.11 Å². The van der Waals surface area contributed by atoms with Gasteiger partial charge in [-0.1, -0.05) is 127 Å². The van der Waals surface area contributed by atoms with Gasteiger partial charge < -0.3 is 0 Å². The Morgan fingerprint density at radius 1 is 0.474 bits per heavy atom. The van der Waals surface area contributed by atoms with E-state index in [-0.39, 0.29) is 5.56 Å². The fourth-order valence-electron chi connectivity index (χ4n) is 4.78. The van der Waals surface area contributed by atoms with Gasteiger partial charge in [0, 0.05) is 15.9 Å². The van der Waals surface area contributed by atoms with Crippen molar-refractivity contribution in [3.05, 3.63) is 151 Å². The predicted molar refractivity (Wildman–Crippen MR) is 161 cm³/mol. The number of hydrogen-bond acceptors (Lipinski definition) is 1. The molecule has 0 N–H and O–H groups in total. The second-order valence-electron chi connectivity index (χ2n) is 9.58. The summed E-state index contributed by atoms with van der Waals surface area (Å²) in [4.78, 5) is 4.60. The normalized spacial score (nSPS) is 12.4. The number of rotatable bonds is 5. The lowest BCUT2D eigenvalue weighted by molar-refractivity contribution is 1.27. The van der Waals surface area contributed by atoms with Crippen molar-refractivity contribution in [3.63, 3.8) is 0 Å². The summed E-state index contributed by atoms with van der Waals surface area (Å²) in [6.45, 7) is -0.208. The van der Waals surface area contributed by atoms with Gasteiger partial charge in [-0.25, -0.2) is 0 Å². The number of pyridine rings is 1. The molecule has 0 amide bonds. The van der Waals surface area contributed by atoms with E-state index in [9.17, 15) is 0 Å². The van der Waals surface area contributed by atoms with Crippen LogP contribution in [0.15, 0.2) is 140 Å². The molecular formula is C37H29N. The molecule has 1 heterocycles. The van der Waals surface area contributed by atoms with Crippen molar-refractivity contribution in [2.24, 2.45) is 0 Å². The molecule has 0 aliphatic heterocycles. The molecule has 0 saturated carbocycles. The molecule has 1 nitrogen and oxygen atoms in total. The Balaban J connectivity index is 1.35.